The normalized spacial score (nSPS) is 28.9. The molecular formula is C14H21N3O3. The molecule has 6 nitrogen and oxygen atoms in total. The lowest BCUT2D eigenvalue weighted by molar-refractivity contribution is -0.130. The predicted molar refractivity (Wildman–Crippen MR) is 70.8 cm³/mol. The summed E-state index contributed by atoms with van der Waals surface area (Å²) in [6, 6.07) is 0. The molecule has 1 N–H and O–H groups in total. The molecule has 1 unspecified atom stereocenters. The van der Waals surface area contributed by atoms with Crippen LogP contribution in [0.1, 0.15) is 37.9 Å². The summed E-state index contributed by atoms with van der Waals surface area (Å²) in [6.07, 6.45) is 3.21. The van der Waals surface area contributed by atoms with E-state index in [-0.39, 0.29) is 12.0 Å². The van der Waals surface area contributed by atoms with Crippen LogP contribution in [0.15, 0.2) is 4.52 Å². The minimum atomic E-state index is -0.159. The van der Waals surface area contributed by atoms with Gasteiger partial charge in [0, 0.05) is 32.4 Å². The highest BCUT2D eigenvalue weighted by molar-refractivity contribution is 5.76. The number of rotatable bonds is 4. The molecule has 2 aliphatic rings. The molecule has 3 rings (SSSR count). The third-order valence-corrected chi connectivity index (χ3v) is 4.46. The van der Waals surface area contributed by atoms with Crippen molar-refractivity contribution in [2.24, 2.45) is 11.8 Å². The van der Waals surface area contributed by atoms with Crippen LogP contribution >= 0.6 is 0 Å². The molecular weight excluding hydrogens is 258 g/mol. The number of aliphatic hydroxyl groups excluding tert-OH is 1. The summed E-state index contributed by atoms with van der Waals surface area (Å²) in [5.41, 5.74) is 0. The number of likely N-dealkylation sites (tertiary alicyclic amines) is 1. The Balaban J connectivity index is 1.48. The van der Waals surface area contributed by atoms with Crippen LogP contribution in [-0.4, -0.2) is 45.2 Å². The molecule has 20 heavy (non-hydrogen) atoms. The van der Waals surface area contributed by atoms with Gasteiger partial charge in [-0.2, -0.15) is 4.98 Å². The number of carbonyl (C=O) groups is 1. The summed E-state index contributed by atoms with van der Waals surface area (Å²) in [6.45, 7) is 3.56. The lowest BCUT2D eigenvalue weighted by atomic mass is 10.0. The van der Waals surface area contributed by atoms with Gasteiger partial charge in [0.15, 0.2) is 5.82 Å². The van der Waals surface area contributed by atoms with Crippen molar-refractivity contribution in [1.82, 2.24) is 15.0 Å². The van der Waals surface area contributed by atoms with E-state index in [0.29, 0.717) is 36.4 Å². The molecule has 1 saturated heterocycles. The van der Waals surface area contributed by atoms with E-state index in [1.165, 1.54) is 0 Å². The lowest BCUT2D eigenvalue weighted by Gasteiger charge is -2.17. The number of hydrogen-bond donors (Lipinski definition) is 1. The largest absolute Gasteiger partial charge is 0.393 e. The van der Waals surface area contributed by atoms with Gasteiger partial charge in [-0.05, 0) is 24.7 Å². The fourth-order valence-electron chi connectivity index (χ4n) is 3.38. The highest BCUT2D eigenvalue weighted by atomic mass is 16.5. The van der Waals surface area contributed by atoms with Gasteiger partial charge in [-0.25, -0.2) is 0 Å². The standard InChI is InChI=1S/C14H21N3O3/c1-2-12-15-13(20-16-12)3-4-14(19)17-7-9-5-11(18)6-10(9)8-17/h9-11,18H,2-8H2,1H3/t9-,10+,11?. The van der Waals surface area contributed by atoms with E-state index >= 15 is 0 Å². The fourth-order valence-corrected chi connectivity index (χ4v) is 3.38. The Labute approximate surface area is 118 Å². The first-order chi connectivity index (χ1) is 9.65. The van der Waals surface area contributed by atoms with E-state index in [4.69, 9.17) is 4.52 Å². The number of aryl methyl sites for hydroxylation is 2. The Hall–Kier alpha value is -1.43. The molecule has 0 bridgehead atoms. The van der Waals surface area contributed by atoms with Gasteiger partial charge in [0.25, 0.3) is 0 Å². The van der Waals surface area contributed by atoms with Crippen molar-refractivity contribution in [3.63, 3.8) is 0 Å². The summed E-state index contributed by atoms with van der Waals surface area (Å²) in [4.78, 5) is 18.3. The molecule has 1 aliphatic heterocycles. The van der Waals surface area contributed by atoms with Gasteiger partial charge in [0.2, 0.25) is 11.8 Å². The van der Waals surface area contributed by atoms with Crippen LogP contribution in [0.4, 0.5) is 0 Å². The van der Waals surface area contributed by atoms with E-state index in [1.54, 1.807) is 0 Å². The molecule has 110 valence electrons. The van der Waals surface area contributed by atoms with Crippen LogP contribution in [0.5, 0.6) is 0 Å². The van der Waals surface area contributed by atoms with Gasteiger partial charge < -0.3 is 14.5 Å². The van der Waals surface area contributed by atoms with Crippen molar-refractivity contribution >= 4 is 5.91 Å². The monoisotopic (exact) mass is 279 g/mol. The molecule has 1 aromatic heterocycles. The Morgan fingerprint density at radius 1 is 1.40 bits per heavy atom. The Morgan fingerprint density at radius 3 is 2.70 bits per heavy atom. The predicted octanol–water partition coefficient (Wildman–Crippen LogP) is 0.794. The van der Waals surface area contributed by atoms with Crippen molar-refractivity contribution in [2.75, 3.05) is 13.1 Å². The molecule has 1 aliphatic carbocycles. The molecule has 2 heterocycles. The van der Waals surface area contributed by atoms with Gasteiger partial charge in [-0.3, -0.25) is 4.79 Å². The van der Waals surface area contributed by atoms with E-state index < -0.39 is 0 Å². The van der Waals surface area contributed by atoms with Gasteiger partial charge in [-0.1, -0.05) is 12.1 Å². The molecule has 0 spiro atoms. The number of hydrogen-bond acceptors (Lipinski definition) is 5. The average molecular weight is 279 g/mol. The van der Waals surface area contributed by atoms with Crippen LogP contribution in [0, 0.1) is 11.8 Å². The number of fused-ring (bicyclic) bond motifs is 1. The zero-order chi connectivity index (χ0) is 14.1. The van der Waals surface area contributed by atoms with E-state index in [0.717, 1.165) is 32.4 Å². The van der Waals surface area contributed by atoms with Crippen LogP contribution in [0.25, 0.3) is 0 Å². The molecule has 6 heteroatoms. The number of carbonyl (C=O) groups excluding carboxylic acids is 1. The van der Waals surface area contributed by atoms with E-state index in [2.05, 4.69) is 10.1 Å². The van der Waals surface area contributed by atoms with Crippen molar-refractivity contribution in [1.29, 1.82) is 0 Å². The fraction of sp³-hybridized carbons (Fsp3) is 0.786. The maximum Gasteiger partial charge on any atom is 0.227 e. The zero-order valence-electron chi connectivity index (χ0n) is 11.8. The van der Waals surface area contributed by atoms with Crippen LogP contribution in [0.2, 0.25) is 0 Å². The van der Waals surface area contributed by atoms with Gasteiger partial charge in [-0.15, -0.1) is 0 Å². The summed E-state index contributed by atoms with van der Waals surface area (Å²) in [5, 5.41) is 13.4. The highest BCUT2D eigenvalue weighted by Crippen LogP contribution is 2.38. The first-order valence-electron chi connectivity index (χ1n) is 7.43. The van der Waals surface area contributed by atoms with Crippen molar-refractivity contribution in [3.05, 3.63) is 11.7 Å². The average Bonchev–Trinajstić information content (AvgIpc) is 3.09. The maximum absolute atomic E-state index is 12.2. The minimum Gasteiger partial charge on any atom is -0.393 e. The molecule has 1 amide bonds. The molecule has 0 radical (unpaired) electrons. The van der Waals surface area contributed by atoms with Crippen LogP contribution in [-0.2, 0) is 17.6 Å². The molecule has 1 saturated carbocycles. The maximum atomic E-state index is 12.2. The van der Waals surface area contributed by atoms with Gasteiger partial charge in [0.1, 0.15) is 0 Å². The second-order valence-electron chi connectivity index (χ2n) is 5.90. The summed E-state index contributed by atoms with van der Waals surface area (Å²) >= 11 is 0. The number of aliphatic hydroxyl groups is 1. The number of nitrogens with zero attached hydrogens (tertiary/aromatic N) is 3. The number of aromatic nitrogens is 2. The van der Waals surface area contributed by atoms with Crippen molar-refractivity contribution in [2.45, 2.75) is 45.1 Å². The third-order valence-electron chi connectivity index (χ3n) is 4.46. The van der Waals surface area contributed by atoms with Crippen molar-refractivity contribution in [3.8, 4) is 0 Å². The Morgan fingerprint density at radius 2 is 2.10 bits per heavy atom. The third kappa shape index (κ3) is 2.70. The zero-order valence-corrected chi connectivity index (χ0v) is 11.8. The first-order valence-corrected chi connectivity index (χ1v) is 7.43. The molecule has 3 atom stereocenters. The number of amides is 1. The topological polar surface area (TPSA) is 79.5 Å². The Bertz CT molecular complexity index is 474. The van der Waals surface area contributed by atoms with Crippen LogP contribution < -0.4 is 0 Å². The van der Waals surface area contributed by atoms with Crippen molar-refractivity contribution < 1.29 is 14.4 Å². The molecule has 1 aromatic rings. The first kappa shape index (κ1) is 13.5. The molecule has 0 aromatic carbocycles. The van der Waals surface area contributed by atoms with E-state index in [1.807, 2.05) is 11.8 Å². The highest BCUT2D eigenvalue weighted by Gasteiger charge is 2.41. The SMILES string of the molecule is CCc1noc(CCC(=O)N2C[C@H]3CC(O)C[C@H]3C2)n1. The quantitative estimate of drug-likeness (QED) is 0.881. The second-order valence-corrected chi connectivity index (χ2v) is 5.90. The summed E-state index contributed by atoms with van der Waals surface area (Å²) in [7, 11) is 0. The van der Waals surface area contributed by atoms with Crippen LogP contribution in [0.3, 0.4) is 0 Å². The second kappa shape index (κ2) is 5.52. The summed E-state index contributed by atoms with van der Waals surface area (Å²) in [5.74, 6) is 2.38. The van der Waals surface area contributed by atoms with E-state index in [9.17, 15) is 9.90 Å². The summed E-state index contributed by atoms with van der Waals surface area (Å²) < 4.78 is 5.09. The molecule has 2 fully saturated rings. The smallest absolute Gasteiger partial charge is 0.227 e. The lowest BCUT2D eigenvalue weighted by Crippen LogP contribution is -2.30. The van der Waals surface area contributed by atoms with Gasteiger partial charge >= 0.3 is 0 Å². The minimum absolute atomic E-state index is 0.158. The van der Waals surface area contributed by atoms with Gasteiger partial charge in [0.05, 0.1) is 6.10 Å². The Kier molecular flexibility index (Phi) is 3.74.